The highest BCUT2D eigenvalue weighted by atomic mass is 35.5. The molecule has 0 amide bonds. The molecule has 0 radical (unpaired) electrons. The van der Waals surface area contributed by atoms with Crippen LogP contribution < -0.4 is 5.32 Å². The van der Waals surface area contributed by atoms with Gasteiger partial charge in [-0.1, -0.05) is 11.6 Å². The molecule has 5 heteroatoms. The van der Waals surface area contributed by atoms with Crippen LogP contribution in [0.4, 0.5) is 4.39 Å². The number of Topliss-reactive ketones (excluding diaryl/α,β-unsaturated/α-hetero) is 1. The maximum atomic E-state index is 13.6. The molecule has 3 nitrogen and oxygen atoms in total. The molecule has 1 aliphatic rings. The summed E-state index contributed by atoms with van der Waals surface area (Å²) >= 11 is 5.67. The molecule has 0 bridgehead atoms. The number of nitrogens with zero attached hydrogens (tertiary/aromatic N) is 1. The van der Waals surface area contributed by atoms with Crippen LogP contribution in [0.3, 0.4) is 0 Å². The first-order valence-electron chi connectivity index (χ1n) is 6.08. The van der Waals surface area contributed by atoms with Crippen LogP contribution in [0.15, 0.2) is 18.2 Å². The maximum Gasteiger partial charge on any atom is 0.179 e. The van der Waals surface area contributed by atoms with E-state index in [1.807, 2.05) is 0 Å². The van der Waals surface area contributed by atoms with Crippen molar-refractivity contribution >= 4 is 17.4 Å². The van der Waals surface area contributed by atoms with E-state index in [1.165, 1.54) is 12.1 Å². The predicted octanol–water partition coefficient (Wildman–Crippen LogP) is 1.96. The fraction of sp³-hybridized carbons (Fsp3) is 0.462. The summed E-state index contributed by atoms with van der Waals surface area (Å²) in [5.74, 6) is -0.730. The van der Waals surface area contributed by atoms with E-state index in [9.17, 15) is 9.18 Å². The van der Waals surface area contributed by atoms with Gasteiger partial charge >= 0.3 is 0 Å². The highest BCUT2D eigenvalue weighted by Crippen LogP contribution is 2.15. The van der Waals surface area contributed by atoms with Gasteiger partial charge in [0.2, 0.25) is 0 Å². The van der Waals surface area contributed by atoms with Gasteiger partial charge in [0, 0.05) is 18.1 Å². The molecule has 1 fully saturated rings. The summed E-state index contributed by atoms with van der Waals surface area (Å²) < 4.78 is 13.6. The third-order valence-electron chi connectivity index (χ3n) is 3.03. The number of carbonyl (C=O) groups excluding carboxylic acids is 1. The van der Waals surface area contributed by atoms with Gasteiger partial charge in [-0.2, -0.15) is 0 Å². The van der Waals surface area contributed by atoms with E-state index in [0.29, 0.717) is 5.02 Å². The molecule has 1 aromatic carbocycles. The lowest BCUT2D eigenvalue weighted by Crippen LogP contribution is -2.33. The minimum Gasteiger partial charge on any atom is -0.315 e. The van der Waals surface area contributed by atoms with Gasteiger partial charge in [0.05, 0.1) is 12.1 Å². The minimum atomic E-state index is -0.541. The van der Waals surface area contributed by atoms with Gasteiger partial charge in [-0.3, -0.25) is 9.69 Å². The Morgan fingerprint density at radius 1 is 1.39 bits per heavy atom. The topological polar surface area (TPSA) is 32.3 Å². The van der Waals surface area contributed by atoms with Crippen molar-refractivity contribution in [3.63, 3.8) is 0 Å². The Labute approximate surface area is 111 Å². The van der Waals surface area contributed by atoms with Gasteiger partial charge in [0.25, 0.3) is 0 Å². The quantitative estimate of drug-likeness (QED) is 0.853. The van der Waals surface area contributed by atoms with Crippen LogP contribution in [0.2, 0.25) is 5.02 Å². The van der Waals surface area contributed by atoms with Gasteiger partial charge in [-0.25, -0.2) is 4.39 Å². The zero-order valence-electron chi connectivity index (χ0n) is 10.1. The van der Waals surface area contributed by atoms with Gasteiger partial charge in [0.15, 0.2) is 5.78 Å². The Balaban J connectivity index is 2.02. The zero-order chi connectivity index (χ0) is 13.0. The predicted molar refractivity (Wildman–Crippen MR) is 69.7 cm³/mol. The first-order chi connectivity index (χ1) is 8.66. The lowest BCUT2D eigenvalue weighted by molar-refractivity contribution is 0.0931. The second-order valence-corrected chi connectivity index (χ2v) is 4.86. The average molecular weight is 271 g/mol. The molecule has 0 saturated carbocycles. The number of rotatable bonds is 3. The summed E-state index contributed by atoms with van der Waals surface area (Å²) in [6.07, 6.45) is 1.01. The summed E-state index contributed by atoms with van der Waals surface area (Å²) in [5, 5.41) is 3.57. The van der Waals surface area contributed by atoms with E-state index >= 15 is 0 Å². The average Bonchev–Trinajstić information content (AvgIpc) is 2.57. The summed E-state index contributed by atoms with van der Waals surface area (Å²) in [5.41, 5.74) is 0.122. The molecule has 1 aromatic rings. The molecule has 0 aliphatic carbocycles. The molecule has 2 rings (SSSR count). The first-order valence-corrected chi connectivity index (χ1v) is 6.46. The number of ketones is 1. The Morgan fingerprint density at radius 2 is 2.22 bits per heavy atom. The highest BCUT2D eigenvalue weighted by Gasteiger charge is 2.17. The SMILES string of the molecule is O=C(CN1CCCNCC1)c1ccc(Cl)cc1F. The molecule has 1 saturated heterocycles. The number of halogens is 2. The van der Waals surface area contributed by atoms with Crippen molar-refractivity contribution in [2.75, 3.05) is 32.7 Å². The lowest BCUT2D eigenvalue weighted by atomic mass is 10.1. The number of carbonyl (C=O) groups is 1. The van der Waals surface area contributed by atoms with Gasteiger partial charge in [-0.15, -0.1) is 0 Å². The second kappa shape index (κ2) is 6.27. The standard InChI is InChI=1S/C13H16ClFN2O/c14-10-2-3-11(12(15)8-10)13(18)9-17-6-1-4-16-5-7-17/h2-3,8,16H,1,4-7,9H2. The molecule has 1 heterocycles. The molecule has 0 aromatic heterocycles. The van der Waals surface area contributed by atoms with Crippen LogP contribution in [-0.2, 0) is 0 Å². The van der Waals surface area contributed by atoms with Crippen LogP contribution in [0.1, 0.15) is 16.8 Å². The van der Waals surface area contributed by atoms with E-state index in [1.54, 1.807) is 6.07 Å². The lowest BCUT2D eigenvalue weighted by Gasteiger charge is -2.18. The smallest absolute Gasteiger partial charge is 0.179 e. The van der Waals surface area contributed by atoms with E-state index in [-0.39, 0.29) is 17.9 Å². The summed E-state index contributed by atoms with van der Waals surface area (Å²) in [4.78, 5) is 14.1. The van der Waals surface area contributed by atoms with Crippen LogP contribution >= 0.6 is 11.6 Å². The van der Waals surface area contributed by atoms with Crippen LogP contribution in [0.25, 0.3) is 0 Å². The Hall–Kier alpha value is -0.970. The van der Waals surface area contributed by atoms with Crippen molar-refractivity contribution in [3.8, 4) is 0 Å². The fourth-order valence-corrected chi connectivity index (χ4v) is 2.22. The van der Waals surface area contributed by atoms with Crippen molar-refractivity contribution in [1.29, 1.82) is 0 Å². The van der Waals surface area contributed by atoms with Crippen molar-refractivity contribution in [1.82, 2.24) is 10.2 Å². The van der Waals surface area contributed by atoms with Crippen molar-refractivity contribution in [2.45, 2.75) is 6.42 Å². The Bertz CT molecular complexity index is 431. The third kappa shape index (κ3) is 3.51. The molecule has 1 N–H and O–H groups in total. The molecule has 1 aliphatic heterocycles. The largest absolute Gasteiger partial charge is 0.315 e. The number of nitrogens with one attached hydrogen (secondary N) is 1. The van der Waals surface area contributed by atoms with Crippen molar-refractivity contribution in [3.05, 3.63) is 34.6 Å². The molecule has 0 unspecified atom stereocenters. The van der Waals surface area contributed by atoms with Crippen LogP contribution in [0, 0.1) is 5.82 Å². The summed E-state index contributed by atoms with van der Waals surface area (Å²) in [7, 11) is 0. The first kappa shape index (κ1) is 13.5. The minimum absolute atomic E-state index is 0.122. The van der Waals surface area contributed by atoms with E-state index in [4.69, 9.17) is 11.6 Å². The third-order valence-corrected chi connectivity index (χ3v) is 3.27. The van der Waals surface area contributed by atoms with E-state index in [0.717, 1.165) is 32.6 Å². The zero-order valence-corrected chi connectivity index (χ0v) is 10.8. The van der Waals surface area contributed by atoms with Gasteiger partial charge < -0.3 is 5.32 Å². The molecular formula is C13H16ClFN2O. The molecule has 0 spiro atoms. The monoisotopic (exact) mass is 270 g/mol. The Kier molecular flexibility index (Phi) is 4.69. The number of hydrogen-bond donors (Lipinski definition) is 1. The second-order valence-electron chi connectivity index (χ2n) is 4.43. The fourth-order valence-electron chi connectivity index (χ4n) is 2.06. The summed E-state index contributed by atoms with van der Waals surface area (Å²) in [6, 6.07) is 4.18. The summed E-state index contributed by atoms with van der Waals surface area (Å²) in [6.45, 7) is 3.80. The highest BCUT2D eigenvalue weighted by molar-refractivity contribution is 6.30. The van der Waals surface area contributed by atoms with Crippen LogP contribution in [0.5, 0.6) is 0 Å². The van der Waals surface area contributed by atoms with E-state index < -0.39 is 5.82 Å². The molecule has 0 atom stereocenters. The maximum absolute atomic E-state index is 13.6. The number of benzene rings is 1. The normalized spacial score (nSPS) is 17.4. The van der Waals surface area contributed by atoms with Crippen molar-refractivity contribution < 1.29 is 9.18 Å². The molecule has 18 heavy (non-hydrogen) atoms. The van der Waals surface area contributed by atoms with Gasteiger partial charge in [-0.05, 0) is 37.7 Å². The van der Waals surface area contributed by atoms with E-state index in [2.05, 4.69) is 10.2 Å². The van der Waals surface area contributed by atoms with Gasteiger partial charge in [0.1, 0.15) is 5.82 Å². The molecule has 98 valence electrons. The number of hydrogen-bond acceptors (Lipinski definition) is 3. The van der Waals surface area contributed by atoms with Crippen molar-refractivity contribution in [2.24, 2.45) is 0 Å². The molecular weight excluding hydrogens is 255 g/mol. The Morgan fingerprint density at radius 3 is 3.00 bits per heavy atom. The van der Waals surface area contributed by atoms with Crippen LogP contribution in [-0.4, -0.2) is 43.4 Å².